The van der Waals surface area contributed by atoms with Gasteiger partial charge >= 0.3 is 0 Å². The maximum absolute atomic E-state index is 14.4. The van der Waals surface area contributed by atoms with Gasteiger partial charge in [0.1, 0.15) is 11.6 Å². The van der Waals surface area contributed by atoms with Crippen molar-refractivity contribution in [2.45, 2.75) is 0 Å². The molecular formula is C23H16FN7. The summed E-state index contributed by atoms with van der Waals surface area (Å²) >= 11 is 0. The van der Waals surface area contributed by atoms with Gasteiger partial charge in [0.05, 0.1) is 28.1 Å². The summed E-state index contributed by atoms with van der Waals surface area (Å²) in [6.07, 6.45) is 0. The molecule has 150 valence electrons. The molecule has 0 unspecified atom stereocenters. The number of rotatable bonds is 4. The third-order valence-corrected chi connectivity index (χ3v) is 5.05. The number of nitriles is 1. The number of nitrogens with zero attached hydrogens (tertiary/aromatic N) is 5. The fraction of sp³-hybridized carbons (Fsp3) is 0.0435. The highest BCUT2D eigenvalue weighted by Gasteiger charge is 2.16. The van der Waals surface area contributed by atoms with Crippen LogP contribution in [0.3, 0.4) is 0 Å². The Morgan fingerprint density at radius 2 is 1.77 bits per heavy atom. The zero-order valence-corrected chi connectivity index (χ0v) is 16.5. The predicted octanol–water partition coefficient (Wildman–Crippen LogP) is 5.03. The van der Waals surface area contributed by atoms with Crippen molar-refractivity contribution in [3.05, 3.63) is 78.1 Å². The summed E-state index contributed by atoms with van der Waals surface area (Å²) in [6.45, 7) is 0. The summed E-state index contributed by atoms with van der Waals surface area (Å²) in [5.41, 5.74) is 2.73. The Morgan fingerprint density at radius 3 is 2.58 bits per heavy atom. The Morgan fingerprint density at radius 1 is 0.968 bits per heavy atom. The number of fused-ring (bicyclic) bond motifs is 2. The van der Waals surface area contributed by atoms with Crippen LogP contribution >= 0.6 is 0 Å². The molecule has 5 rings (SSSR count). The van der Waals surface area contributed by atoms with Crippen LogP contribution in [0, 0.1) is 17.1 Å². The number of halogens is 1. The lowest BCUT2D eigenvalue weighted by Crippen LogP contribution is -2.14. The minimum atomic E-state index is -0.373. The molecular weight excluding hydrogens is 393 g/mol. The highest BCUT2D eigenvalue weighted by atomic mass is 19.1. The van der Waals surface area contributed by atoms with Crippen molar-refractivity contribution in [2.24, 2.45) is 0 Å². The first-order chi connectivity index (χ1) is 15.1. The number of H-pyrrole nitrogens is 1. The van der Waals surface area contributed by atoms with E-state index in [4.69, 9.17) is 10.2 Å². The Bertz CT molecular complexity index is 1450. The Hall–Kier alpha value is -4.51. The van der Waals surface area contributed by atoms with Gasteiger partial charge < -0.3 is 10.2 Å². The third-order valence-electron chi connectivity index (χ3n) is 5.05. The molecule has 2 N–H and O–H groups in total. The molecule has 0 radical (unpaired) electrons. The average molecular weight is 409 g/mol. The molecule has 0 atom stereocenters. The predicted molar refractivity (Wildman–Crippen MR) is 118 cm³/mol. The second-order valence-corrected chi connectivity index (χ2v) is 6.97. The first-order valence-electron chi connectivity index (χ1n) is 9.54. The number of anilines is 4. The van der Waals surface area contributed by atoms with Crippen molar-refractivity contribution in [3.8, 4) is 6.07 Å². The Labute approximate surface area is 176 Å². The lowest BCUT2D eigenvalue weighted by atomic mass is 10.2. The molecule has 0 aliphatic heterocycles. The van der Waals surface area contributed by atoms with Gasteiger partial charge in [-0.2, -0.15) is 15.3 Å². The standard InChI is InChI=1S/C23H16FN7/c1-31(15-11-9-14(13-25)10-12-15)23-26-18-7-3-2-5-16(18)21(28-23)27-22-20-17(24)6-4-8-19(20)29-30-22/h2-12H,1H3,(H2,26,27,28,29,30). The van der Waals surface area contributed by atoms with Crippen LogP contribution in [-0.2, 0) is 0 Å². The summed E-state index contributed by atoms with van der Waals surface area (Å²) < 4.78 is 14.4. The molecule has 3 aromatic carbocycles. The number of hydrogen-bond acceptors (Lipinski definition) is 6. The van der Waals surface area contributed by atoms with Crippen LogP contribution in [0.2, 0.25) is 0 Å². The SMILES string of the molecule is CN(c1ccc(C#N)cc1)c1nc(Nc2n[nH]c3cccc(F)c23)c2ccccc2n1. The lowest BCUT2D eigenvalue weighted by molar-refractivity contribution is 0.640. The monoisotopic (exact) mass is 409 g/mol. The van der Waals surface area contributed by atoms with Gasteiger partial charge in [0.25, 0.3) is 0 Å². The zero-order valence-electron chi connectivity index (χ0n) is 16.5. The van der Waals surface area contributed by atoms with E-state index in [9.17, 15) is 4.39 Å². The summed E-state index contributed by atoms with van der Waals surface area (Å²) in [4.78, 5) is 11.2. The van der Waals surface area contributed by atoms with E-state index in [-0.39, 0.29) is 5.82 Å². The van der Waals surface area contributed by atoms with E-state index in [1.165, 1.54) is 6.07 Å². The second-order valence-electron chi connectivity index (χ2n) is 6.97. The molecule has 0 bridgehead atoms. The molecule has 0 aliphatic carbocycles. The molecule has 2 aromatic heterocycles. The fourth-order valence-corrected chi connectivity index (χ4v) is 3.42. The van der Waals surface area contributed by atoms with Gasteiger partial charge in [0.15, 0.2) is 5.82 Å². The molecule has 0 spiro atoms. The highest BCUT2D eigenvalue weighted by Crippen LogP contribution is 2.31. The molecule has 5 aromatic rings. The smallest absolute Gasteiger partial charge is 0.232 e. The Kier molecular flexibility index (Phi) is 4.41. The number of nitrogens with one attached hydrogen (secondary N) is 2. The van der Waals surface area contributed by atoms with Gasteiger partial charge in [-0.15, -0.1) is 0 Å². The van der Waals surface area contributed by atoms with Crippen LogP contribution in [0.25, 0.3) is 21.8 Å². The van der Waals surface area contributed by atoms with Crippen molar-refractivity contribution in [3.63, 3.8) is 0 Å². The normalized spacial score (nSPS) is 10.9. The van der Waals surface area contributed by atoms with E-state index >= 15 is 0 Å². The maximum atomic E-state index is 14.4. The number of aromatic nitrogens is 4. The summed E-state index contributed by atoms with van der Waals surface area (Å²) in [5, 5.41) is 20.4. The van der Waals surface area contributed by atoms with E-state index in [0.29, 0.717) is 34.1 Å². The maximum Gasteiger partial charge on any atom is 0.232 e. The van der Waals surface area contributed by atoms with Crippen LogP contribution in [0.15, 0.2) is 66.7 Å². The number of hydrogen-bond donors (Lipinski definition) is 2. The Balaban J connectivity index is 1.61. The average Bonchev–Trinajstić information content (AvgIpc) is 3.22. The topological polar surface area (TPSA) is 93.5 Å². The van der Waals surface area contributed by atoms with Gasteiger partial charge in [-0.3, -0.25) is 5.10 Å². The highest BCUT2D eigenvalue weighted by molar-refractivity contribution is 5.97. The van der Waals surface area contributed by atoms with E-state index in [1.54, 1.807) is 24.3 Å². The van der Waals surface area contributed by atoms with Gasteiger partial charge in [-0.25, -0.2) is 9.37 Å². The second kappa shape index (κ2) is 7.39. The van der Waals surface area contributed by atoms with Crippen LogP contribution in [0.4, 0.5) is 27.7 Å². The number of para-hydroxylation sites is 1. The quantitative estimate of drug-likeness (QED) is 0.432. The van der Waals surface area contributed by atoms with Crippen LogP contribution in [0.5, 0.6) is 0 Å². The molecule has 0 aliphatic rings. The molecule has 0 fully saturated rings. The molecule has 8 heteroatoms. The van der Waals surface area contributed by atoms with Crippen molar-refractivity contribution in [2.75, 3.05) is 17.3 Å². The van der Waals surface area contributed by atoms with Crippen LogP contribution in [-0.4, -0.2) is 27.2 Å². The zero-order chi connectivity index (χ0) is 21.4. The lowest BCUT2D eigenvalue weighted by Gasteiger charge is -2.19. The third kappa shape index (κ3) is 3.28. The van der Waals surface area contributed by atoms with Gasteiger partial charge in [0.2, 0.25) is 5.95 Å². The van der Waals surface area contributed by atoms with Gasteiger partial charge in [0, 0.05) is 18.1 Å². The van der Waals surface area contributed by atoms with Crippen molar-refractivity contribution in [1.29, 1.82) is 5.26 Å². The van der Waals surface area contributed by atoms with Gasteiger partial charge in [-0.1, -0.05) is 18.2 Å². The van der Waals surface area contributed by atoms with E-state index < -0.39 is 0 Å². The summed E-state index contributed by atoms with van der Waals surface area (Å²) in [6, 6.07) is 21.6. The van der Waals surface area contributed by atoms with Crippen LogP contribution < -0.4 is 10.2 Å². The summed E-state index contributed by atoms with van der Waals surface area (Å²) in [7, 11) is 1.85. The summed E-state index contributed by atoms with van der Waals surface area (Å²) in [5.74, 6) is 0.940. The van der Waals surface area contributed by atoms with Crippen molar-refractivity contribution >= 4 is 45.1 Å². The van der Waals surface area contributed by atoms with Crippen molar-refractivity contribution < 1.29 is 4.39 Å². The minimum absolute atomic E-state index is 0.351. The van der Waals surface area contributed by atoms with Crippen LogP contribution in [0.1, 0.15) is 5.56 Å². The van der Waals surface area contributed by atoms with E-state index in [0.717, 1.165) is 16.6 Å². The number of benzene rings is 3. The van der Waals surface area contributed by atoms with E-state index in [1.807, 2.05) is 48.3 Å². The fourth-order valence-electron chi connectivity index (χ4n) is 3.42. The number of aromatic amines is 1. The van der Waals surface area contributed by atoms with E-state index in [2.05, 4.69) is 26.6 Å². The van der Waals surface area contributed by atoms with Gasteiger partial charge in [-0.05, 0) is 48.5 Å². The largest absolute Gasteiger partial charge is 0.322 e. The molecule has 0 saturated heterocycles. The molecule has 31 heavy (non-hydrogen) atoms. The first kappa shape index (κ1) is 18.5. The molecule has 7 nitrogen and oxygen atoms in total. The van der Waals surface area contributed by atoms with Crippen molar-refractivity contribution in [1.82, 2.24) is 20.2 Å². The minimum Gasteiger partial charge on any atom is -0.322 e. The molecule has 2 heterocycles. The molecule has 0 saturated carbocycles. The molecule has 0 amide bonds. The first-order valence-corrected chi connectivity index (χ1v) is 9.54.